The van der Waals surface area contributed by atoms with Gasteiger partial charge < -0.3 is 20.1 Å². The number of ether oxygens (including phenoxy) is 1. The van der Waals surface area contributed by atoms with E-state index in [0.29, 0.717) is 19.5 Å². The lowest BCUT2D eigenvalue weighted by Crippen LogP contribution is -2.68. The van der Waals surface area contributed by atoms with Gasteiger partial charge in [-0.25, -0.2) is 4.79 Å². The van der Waals surface area contributed by atoms with Gasteiger partial charge in [-0.1, -0.05) is 6.42 Å². The zero-order valence-corrected chi connectivity index (χ0v) is 12.7. The Morgan fingerprint density at radius 2 is 2.05 bits per heavy atom. The van der Waals surface area contributed by atoms with Gasteiger partial charge in [-0.15, -0.1) is 0 Å². The van der Waals surface area contributed by atoms with Crippen LogP contribution in [0.3, 0.4) is 0 Å². The zero-order chi connectivity index (χ0) is 15.3. The van der Waals surface area contributed by atoms with Crippen LogP contribution in [0.4, 0.5) is 4.79 Å². The number of carbonyl (C=O) groups is 2. The molecule has 2 amide bonds. The minimum atomic E-state index is -0.823. The van der Waals surface area contributed by atoms with Gasteiger partial charge in [0.1, 0.15) is 0 Å². The van der Waals surface area contributed by atoms with E-state index < -0.39 is 11.4 Å². The van der Waals surface area contributed by atoms with Gasteiger partial charge in [0.15, 0.2) is 0 Å². The maximum Gasteiger partial charge on any atom is 0.317 e. The first kappa shape index (κ1) is 14.6. The van der Waals surface area contributed by atoms with Crippen LogP contribution in [-0.2, 0) is 9.53 Å². The number of carbonyl (C=O) groups excluding carboxylic acids is 1. The van der Waals surface area contributed by atoms with Crippen LogP contribution in [0, 0.1) is 10.8 Å². The van der Waals surface area contributed by atoms with Crippen molar-refractivity contribution in [3.63, 3.8) is 0 Å². The van der Waals surface area contributed by atoms with Crippen molar-refractivity contribution in [2.24, 2.45) is 10.8 Å². The predicted octanol–water partition coefficient (Wildman–Crippen LogP) is 1.45. The fraction of sp³-hybridized carbons (Fsp3) is 0.867. The van der Waals surface area contributed by atoms with Crippen molar-refractivity contribution in [3.8, 4) is 0 Å². The van der Waals surface area contributed by atoms with Crippen LogP contribution in [-0.4, -0.2) is 54.4 Å². The van der Waals surface area contributed by atoms with E-state index in [0.717, 1.165) is 19.3 Å². The van der Waals surface area contributed by atoms with Gasteiger partial charge in [0.25, 0.3) is 0 Å². The summed E-state index contributed by atoms with van der Waals surface area (Å²) in [5, 5.41) is 12.3. The third-order valence-corrected chi connectivity index (χ3v) is 5.93. The lowest BCUT2D eigenvalue weighted by Gasteiger charge is -2.60. The Hall–Kier alpha value is -1.30. The fourth-order valence-corrected chi connectivity index (χ4v) is 4.09. The normalized spacial score (nSPS) is 37.0. The number of likely N-dealkylation sites (tertiary alicyclic amines) is 1. The Morgan fingerprint density at radius 1 is 1.33 bits per heavy atom. The monoisotopic (exact) mass is 296 g/mol. The van der Waals surface area contributed by atoms with Gasteiger partial charge >= 0.3 is 12.0 Å². The predicted molar refractivity (Wildman–Crippen MR) is 76.0 cm³/mol. The van der Waals surface area contributed by atoms with Gasteiger partial charge in [-0.05, 0) is 32.6 Å². The van der Waals surface area contributed by atoms with E-state index >= 15 is 0 Å². The van der Waals surface area contributed by atoms with Crippen LogP contribution in [0.15, 0.2) is 0 Å². The molecule has 3 aliphatic rings. The molecule has 0 radical (unpaired) electrons. The molecule has 0 bridgehead atoms. The molecule has 3 rings (SSSR count). The molecule has 6 heteroatoms. The quantitative estimate of drug-likeness (QED) is 0.826. The standard InChI is InChI=1S/C15H24N2O4/c1-14(12(18)19)6-7-17(9-14)13(20)16-10-8-11(21-2)15(10)4-3-5-15/h10-11H,3-9H2,1-2H3,(H,16,20)(H,18,19). The number of amides is 2. The molecule has 118 valence electrons. The number of hydrogen-bond donors (Lipinski definition) is 2. The maximum absolute atomic E-state index is 12.4. The summed E-state index contributed by atoms with van der Waals surface area (Å²) >= 11 is 0. The minimum absolute atomic E-state index is 0.120. The molecule has 1 aliphatic heterocycles. The lowest BCUT2D eigenvalue weighted by molar-refractivity contribution is -0.158. The fourth-order valence-electron chi connectivity index (χ4n) is 4.09. The zero-order valence-electron chi connectivity index (χ0n) is 12.7. The highest BCUT2D eigenvalue weighted by Gasteiger charge is 2.59. The van der Waals surface area contributed by atoms with Crippen LogP contribution >= 0.6 is 0 Å². The highest BCUT2D eigenvalue weighted by Crippen LogP contribution is 2.57. The first-order chi connectivity index (χ1) is 9.91. The number of nitrogens with one attached hydrogen (secondary N) is 1. The molecule has 0 aromatic heterocycles. The van der Waals surface area contributed by atoms with Crippen molar-refractivity contribution < 1.29 is 19.4 Å². The number of rotatable bonds is 3. The molecule has 2 saturated carbocycles. The summed E-state index contributed by atoms with van der Waals surface area (Å²) in [6, 6.07) is 0.0613. The van der Waals surface area contributed by atoms with Gasteiger partial charge in [0, 0.05) is 31.7 Å². The second-order valence-electron chi connectivity index (χ2n) is 7.09. The number of aliphatic carboxylic acids is 1. The van der Waals surface area contributed by atoms with Gasteiger partial charge in [0.05, 0.1) is 11.5 Å². The van der Waals surface area contributed by atoms with Crippen molar-refractivity contribution in [1.82, 2.24) is 10.2 Å². The van der Waals surface area contributed by atoms with Gasteiger partial charge in [-0.3, -0.25) is 4.79 Å². The molecule has 1 spiro atoms. The topological polar surface area (TPSA) is 78.9 Å². The SMILES string of the molecule is COC1CC(NC(=O)N2CCC(C)(C(=O)O)C2)C12CCC2. The van der Waals surface area contributed by atoms with E-state index in [1.807, 2.05) is 0 Å². The summed E-state index contributed by atoms with van der Waals surface area (Å²) < 4.78 is 5.50. The molecule has 3 unspecified atom stereocenters. The number of hydrogen-bond acceptors (Lipinski definition) is 3. The Labute approximate surface area is 124 Å². The molecule has 21 heavy (non-hydrogen) atoms. The van der Waals surface area contributed by atoms with E-state index in [2.05, 4.69) is 5.32 Å². The van der Waals surface area contributed by atoms with Crippen LogP contribution < -0.4 is 5.32 Å². The smallest absolute Gasteiger partial charge is 0.317 e. The average molecular weight is 296 g/mol. The Balaban J connectivity index is 1.57. The highest BCUT2D eigenvalue weighted by molar-refractivity contribution is 5.79. The van der Waals surface area contributed by atoms with E-state index in [1.54, 1.807) is 18.9 Å². The molecule has 2 N–H and O–H groups in total. The van der Waals surface area contributed by atoms with E-state index in [1.165, 1.54) is 6.42 Å². The van der Waals surface area contributed by atoms with Crippen molar-refractivity contribution in [1.29, 1.82) is 0 Å². The molecule has 0 aromatic rings. The molecule has 2 aliphatic carbocycles. The summed E-state index contributed by atoms with van der Waals surface area (Å²) in [4.78, 5) is 25.2. The number of carboxylic acid groups (broad SMARTS) is 1. The molecule has 1 heterocycles. The highest BCUT2D eigenvalue weighted by atomic mass is 16.5. The molecular weight excluding hydrogens is 272 g/mol. The van der Waals surface area contributed by atoms with E-state index in [-0.39, 0.29) is 23.6 Å². The minimum Gasteiger partial charge on any atom is -0.481 e. The molecule has 3 fully saturated rings. The van der Waals surface area contributed by atoms with E-state index in [9.17, 15) is 14.7 Å². The number of nitrogens with zero attached hydrogens (tertiary/aromatic N) is 1. The first-order valence-corrected chi connectivity index (χ1v) is 7.73. The summed E-state index contributed by atoms with van der Waals surface area (Å²) in [7, 11) is 1.74. The number of urea groups is 1. The Morgan fingerprint density at radius 3 is 2.52 bits per heavy atom. The summed E-state index contributed by atoms with van der Waals surface area (Å²) in [6.07, 6.45) is 5.08. The molecule has 3 atom stereocenters. The second-order valence-corrected chi connectivity index (χ2v) is 7.09. The van der Waals surface area contributed by atoms with Gasteiger partial charge in [0.2, 0.25) is 0 Å². The molecule has 0 aromatic carbocycles. The molecule has 1 saturated heterocycles. The second kappa shape index (κ2) is 4.87. The Kier molecular flexibility index (Phi) is 3.39. The number of carboxylic acids is 1. The molecule has 6 nitrogen and oxygen atoms in total. The first-order valence-electron chi connectivity index (χ1n) is 7.73. The van der Waals surface area contributed by atoms with Gasteiger partial charge in [-0.2, -0.15) is 0 Å². The van der Waals surface area contributed by atoms with Crippen molar-refractivity contribution in [3.05, 3.63) is 0 Å². The lowest BCUT2D eigenvalue weighted by atomic mass is 9.51. The third kappa shape index (κ3) is 2.11. The Bertz CT molecular complexity index is 463. The van der Waals surface area contributed by atoms with Crippen LogP contribution in [0.25, 0.3) is 0 Å². The van der Waals surface area contributed by atoms with Crippen LogP contribution in [0.2, 0.25) is 0 Å². The van der Waals surface area contributed by atoms with Crippen LogP contribution in [0.5, 0.6) is 0 Å². The summed E-state index contributed by atoms with van der Waals surface area (Å²) in [5.41, 5.74) is -0.666. The molecular formula is C15H24N2O4. The third-order valence-electron chi connectivity index (χ3n) is 5.93. The average Bonchev–Trinajstić information content (AvgIpc) is 2.76. The number of methoxy groups -OCH3 is 1. The largest absolute Gasteiger partial charge is 0.481 e. The van der Waals surface area contributed by atoms with Crippen LogP contribution in [0.1, 0.15) is 39.0 Å². The van der Waals surface area contributed by atoms with E-state index in [4.69, 9.17) is 4.74 Å². The summed E-state index contributed by atoms with van der Waals surface area (Å²) in [6.45, 7) is 2.52. The van der Waals surface area contributed by atoms with Crippen molar-refractivity contribution in [2.45, 2.75) is 51.2 Å². The summed E-state index contributed by atoms with van der Waals surface area (Å²) in [5.74, 6) is -0.823. The van der Waals surface area contributed by atoms with Crippen molar-refractivity contribution >= 4 is 12.0 Å². The van der Waals surface area contributed by atoms with Crippen molar-refractivity contribution in [2.75, 3.05) is 20.2 Å². The maximum atomic E-state index is 12.4.